The maximum Gasteiger partial charge on any atom is 0.262 e. The Morgan fingerprint density at radius 1 is 1.33 bits per heavy atom. The maximum atomic E-state index is 12.8. The zero-order valence-electron chi connectivity index (χ0n) is 14.4. The van der Waals surface area contributed by atoms with Crippen LogP contribution in [0, 0.1) is 0 Å². The third-order valence-corrected chi connectivity index (χ3v) is 4.36. The first-order chi connectivity index (χ1) is 11.4. The van der Waals surface area contributed by atoms with Crippen LogP contribution >= 0.6 is 11.8 Å². The second-order valence-electron chi connectivity index (χ2n) is 5.90. The van der Waals surface area contributed by atoms with E-state index in [0.29, 0.717) is 22.7 Å². The Morgan fingerprint density at radius 3 is 2.71 bits per heavy atom. The zero-order chi connectivity index (χ0) is 17.7. The number of nitrogens with zero attached hydrogens (tertiary/aromatic N) is 2. The summed E-state index contributed by atoms with van der Waals surface area (Å²) in [5.41, 5.74) is 0.520. The van der Waals surface area contributed by atoms with Gasteiger partial charge in [0.05, 0.1) is 29.3 Å². The van der Waals surface area contributed by atoms with Gasteiger partial charge in [-0.3, -0.25) is 14.2 Å². The number of ether oxygens (including phenoxy) is 1. The molecule has 0 spiro atoms. The van der Waals surface area contributed by atoms with Crippen molar-refractivity contribution in [3.05, 3.63) is 34.6 Å². The molecule has 130 valence electrons. The number of carbonyl (C=O) groups is 1. The van der Waals surface area contributed by atoms with Crippen LogP contribution < -0.4 is 10.9 Å². The summed E-state index contributed by atoms with van der Waals surface area (Å²) in [5.74, 6) is 0.131. The van der Waals surface area contributed by atoms with Gasteiger partial charge in [-0.25, -0.2) is 4.98 Å². The number of rotatable bonds is 7. The van der Waals surface area contributed by atoms with E-state index in [2.05, 4.69) is 10.3 Å². The molecule has 2 rings (SSSR count). The van der Waals surface area contributed by atoms with Crippen LogP contribution in [0.3, 0.4) is 0 Å². The molecule has 1 aromatic carbocycles. The van der Waals surface area contributed by atoms with Crippen LogP contribution in [-0.4, -0.2) is 41.0 Å². The molecule has 1 N–H and O–H groups in total. The van der Waals surface area contributed by atoms with Crippen LogP contribution in [0.4, 0.5) is 0 Å². The summed E-state index contributed by atoms with van der Waals surface area (Å²) in [4.78, 5) is 29.3. The molecule has 0 unspecified atom stereocenters. The number of nitrogens with one attached hydrogen (secondary N) is 1. The summed E-state index contributed by atoms with van der Waals surface area (Å²) in [6.45, 7) is 6.12. The number of benzene rings is 1. The second-order valence-corrected chi connectivity index (χ2v) is 6.84. The van der Waals surface area contributed by atoms with Gasteiger partial charge in [-0.1, -0.05) is 23.9 Å². The van der Waals surface area contributed by atoms with Gasteiger partial charge in [-0.05, 0) is 32.9 Å². The molecular formula is C17H23N3O3S. The molecule has 0 radical (unpaired) electrons. The van der Waals surface area contributed by atoms with E-state index in [0.717, 1.165) is 0 Å². The average molecular weight is 349 g/mol. The minimum absolute atomic E-state index is 0.0802. The molecule has 0 fully saturated rings. The van der Waals surface area contributed by atoms with Crippen molar-refractivity contribution < 1.29 is 9.53 Å². The molecule has 0 aliphatic carbocycles. The lowest BCUT2D eigenvalue weighted by atomic mass is 10.2. The number of hydrogen-bond acceptors (Lipinski definition) is 5. The quantitative estimate of drug-likeness (QED) is 0.613. The first-order valence-corrected chi connectivity index (χ1v) is 8.85. The Labute approximate surface area is 145 Å². The topological polar surface area (TPSA) is 73.2 Å². The fourth-order valence-corrected chi connectivity index (χ4v) is 3.33. The van der Waals surface area contributed by atoms with Crippen molar-refractivity contribution >= 4 is 28.6 Å². The normalized spacial score (nSPS) is 12.5. The fourth-order valence-electron chi connectivity index (χ4n) is 2.43. The molecule has 0 bridgehead atoms. The number of aromatic nitrogens is 2. The SMILES string of the molecule is COC[C@@H](C)n1c(SCC(=O)NC(C)C)nc2ccccc2c1=O. The lowest BCUT2D eigenvalue weighted by Gasteiger charge is -2.19. The first kappa shape index (κ1) is 18.5. The Morgan fingerprint density at radius 2 is 2.04 bits per heavy atom. The summed E-state index contributed by atoms with van der Waals surface area (Å²) < 4.78 is 6.79. The number of para-hydroxylation sites is 1. The zero-order valence-corrected chi connectivity index (χ0v) is 15.2. The summed E-state index contributed by atoms with van der Waals surface area (Å²) in [6, 6.07) is 7.14. The van der Waals surface area contributed by atoms with Crippen molar-refractivity contribution in [1.82, 2.24) is 14.9 Å². The van der Waals surface area contributed by atoms with Gasteiger partial charge in [0.15, 0.2) is 5.16 Å². The van der Waals surface area contributed by atoms with E-state index in [1.165, 1.54) is 11.8 Å². The summed E-state index contributed by atoms with van der Waals surface area (Å²) in [5, 5.41) is 3.93. The molecule has 0 saturated carbocycles. The largest absolute Gasteiger partial charge is 0.383 e. The van der Waals surface area contributed by atoms with Gasteiger partial charge in [0, 0.05) is 13.2 Å². The van der Waals surface area contributed by atoms with Gasteiger partial charge in [0.1, 0.15) is 0 Å². The third-order valence-electron chi connectivity index (χ3n) is 3.41. The number of methoxy groups -OCH3 is 1. The predicted octanol–water partition coefficient (Wildman–Crippen LogP) is 2.22. The third kappa shape index (κ3) is 4.36. The van der Waals surface area contributed by atoms with Crippen LogP contribution in [0.25, 0.3) is 10.9 Å². The van der Waals surface area contributed by atoms with Gasteiger partial charge < -0.3 is 10.1 Å². The monoisotopic (exact) mass is 349 g/mol. The number of thioether (sulfide) groups is 1. The lowest BCUT2D eigenvalue weighted by Crippen LogP contribution is -2.32. The van der Waals surface area contributed by atoms with E-state index in [4.69, 9.17) is 4.74 Å². The van der Waals surface area contributed by atoms with E-state index in [1.807, 2.05) is 32.9 Å². The van der Waals surface area contributed by atoms with Crippen LogP contribution in [0.5, 0.6) is 0 Å². The Bertz CT molecular complexity index is 773. The highest BCUT2D eigenvalue weighted by Crippen LogP contribution is 2.21. The maximum absolute atomic E-state index is 12.8. The van der Waals surface area contributed by atoms with E-state index in [1.54, 1.807) is 23.8 Å². The molecule has 0 aliphatic heterocycles. The molecule has 2 aromatic rings. The molecule has 0 saturated heterocycles. The molecule has 1 aromatic heterocycles. The van der Waals surface area contributed by atoms with Gasteiger partial charge in [0.2, 0.25) is 5.91 Å². The Balaban J connectivity index is 2.40. The van der Waals surface area contributed by atoms with Gasteiger partial charge in [0.25, 0.3) is 5.56 Å². The molecule has 1 atom stereocenters. The van der Waals surface area contributed by atoms with Crippen LogP contribution in [0.1, 0.15) is 26.8 Å². The molecule has 0 aliphatic rings. The van der Waals surface area contributed by atoms with Crippen molar-refractivity contribution in [3.63, 3.8) is 0 Å². The van der Waals surface area contributed by atoms with Crippen LogP contribution in [0.2, 0.25) is 0 Å². The number of carbonyl (C=O) groups excluding carboxylic acids is 1. The molecular weight excluding hydrogens is 326 g/mol. The van der Waals surface area contributed by atoms with Crippen molar-refractivity contribution in [3.8, 4) is 0 Å². The second kappa shape index (κ2) is 8.30. The minimum Gasteiger partial charge on any atom is -0.383 e. The van der Waals surface area contributed by atoms with E-state index in [-0.39, 0.29) is 29.3 Å². The molecule has 24 heavy (non-hydrogen) atoms. The average Bonchev–Trinajstić information content (AvgIpc) is 2.52. The van der Waals surface area contributed by atoms with Crippen LogP contribution in [0.15, 0.2) is 34.2 Å². The van der Waals surface area contributed by atoms with Crippen molar-refractivity contribution in [2.45, 2.75) is 38.0 Å². The predicted molar refractivity (Wildman–Crippen MR) is 96.6 cm³/mol. The summed E-state index contributed by atoms with van der Waals surface area (Å²) >= 11 is 1.26. The first-order valence-electron chi connectivity index (χ1n) is 7.86. The Hall–Kier alpha value is -1.86. The smallest absolute Gasteiger partial charge is 0.262 e. The van der Waals surface area contributed by atoms with E-state index in [9.17, 15) is 9.59 Å². The van der Waals surface area contributed by atoms with Gasteiger partial charge in [-0.15, -0.1) is 0 Å². The van der Waals surface area contributed by atoms with E-state index < -0.39 is 0 Å². The Kier molecular flexibility index (Phi) is 6.39. The van der Waals surface area contributed by atoms with Crippen molar-refractivity contribution in [1.29, 1.82) is 0 Å². The molecule has 1 heterocycles. The summed E-state index contributed by atoms with van der Waals surface area (Å²) in [6.07, 6.45) is 0. The highest BCUT2D eigenvalue weighted by atomic mass is 32.2. The number of amides is 1. The molecule has 7 heteroatoms. The van der Waals surface area contributed by atoms with Crippen molar-refractivity contribution in [2.24, 2.45) is 0 Å². The van der Waals surface area contributed by atoms with Gasteiger partial charge >= 0.3 is 0 Å². The van der Waals surface area contributed by atoms with Crippen LogP contribution in [-0.2, 0) is 9.53 Å². The number of hydrogen-bond donors (Lipinski definition) is 1. The lowest BCUT2D eigenvalue weighted by molar-refractivity contribution is -0.119. The van der Waals surface area contributed by atoms with E-state index >= 15 is 0 Å². The highest BCUT2D eigenvalue weighted by Gasteiger charge is 2.17. The van der Waals surface area contributed by atoms with Crippen molar-refractivity contribution in [2.75, 3.05) is 19.5 Å². The summed E-state index contributed by atoms with van der Waals surface area (Å²) in [7, 11) is 1.60. The highest BCUT2D eigenvalue weighted by molar-refractivity contribution is 7.99. The molecule has 6 nitrogen and oxygen atoms in total. The van der Waals surface area contributed by atoms with Gasteiger partial charge in [-0.2, -0.15) is 0 Å². The standard InChI is InChI=1S/C17H23N3O3S/c1-11(2)18-15(21)10-24-17-19-14-8-6-5-7-13(14)16(22)20(17)12(3)9-23-4/h5-8,11-12H,9-10H2,1-4H3,(H,18,21)/t12-/m1/s1. The molecule has 1 amide bonds. The fraction of sp³-hybridized carbons (Fsp3) is 0.471. The number of fused-ring (bicyclic) bond motifs is 1. The minimum atomic E-state index is -0.171.